The molecule has 0 saturated heterocycles. The van der Waals surface area contributed by atoms with Crippen LogP contribution >= 0.6 is 0 Å². The summed E-state index contributed by atoms with van der Waals surface area (Å²) in [4.78, 5) is 37.7. The first-order chi connectivity index (χ1) is 17.0. The molecule has 1 aromatic heterocycles. The summed E-state index contributed by atoms with van der Waals surface area (Å²) in [5, 5.41) is 2.77. The van der Waals surface area contributed by atoms with Crippen LogP contribution in [0.5, 0.6) is 17.2 Å². The van der Waals surface area contributed by atoms with Crippen molar-refractivity contribution in [3.8, 4) is 28.4 Å². The number of carbonyl (C=O) groups excluding carboxylic acids is 2. The van der Waals surface area contributed by atoms with Gasteiger partial charge in [0.2, 0.25) is 5.43 Å². The maximum absolute atomic E-state index is 13.4. The smallest absolute Gasteiger partial charge is 0.408 e. The van der Waals surface area contributed by atoms with Crippen molar-refractivity contribution in [3.63, 3.8) is 0 Å². The molecule has 0 spiro atoms. The van der Waals surface area contributed by atoms with Crippen molar-refractivity contribution in [1.82, 2.24) is 5.32 Å². The minimum atomic E-state index is -0.953. The highest BCUT2D eigenvalue weighted by atomic mass is 16.6. The Bertz CT molecular complexity index is 1370. The lowest BCUT2D eigenvalue weighted by molar-refractivity contribution is -0.136. The molecule has 0 aliphatic carbocycles. The molecule has 3 aromatic rings. The van der Waals surface area contributed by atoms with E-state index in [4.69, 9.17) is 23.4 Å². The van der Waals surface area contributed by atoms with Gasteiger partial charge in [-0.1, -0.05) is 6.07 Å². The fourth-order valence-corrected chi connectivity index (χ4v) is 3.75. The molecule has 2 heterocycles. The fourth-order valence-electron chi connectivity index (χ4n) is 3.75. The van der Waals surface area contributed by atoms with E-state index in [1.54, 1.807) is 52.0 Å². The van der Waals surface area contributed by atoms with Gasteiger partial charge in [0, 0.05) is 12.5 Å². The van der Waals surface area contributed by atoms with Gasteiger partial charge in [0.25, 0.3) is 0 Å². The lowest BCUT2D eigenvalue weighted by Crippen LogP contribution is -2.43. The van der Waals surface area contributed by atoms with Crippen LogP contribution in [0.4, 0.5) is 4.79 Å². The number of benzene rings is 2. The third kappa shape index (κ3) is 5.62. The maximum Gasteiger partial charge on any atom is 0.408 e. The molecule has 1 N–H and O–H groups in total. The zero-order valence-electron chi connectivity index (χ0n) is 20.9. The Hall–Kier alpha value is -4.01. The van der Waals surface area contributed by atoms with Crippen LogP contribution in [0.15, 0.2) is 45.6 Å². The second-order valence-electron chi connectivity index (χ2n) is 9.52. The summed E-state index contributed by atoms with van der Waals surface area (Å²) in [6.07, 6.45) is 0.0542. The Balaban J connectivity index is 1.56. The molecule has 0 bridgehead atoms. The lowest BCUT2D eigenvalue weighted by atomic mass is 10.0. The van der Waals surface area contributed by atoms with Crippen LogP contribution < -0.4 is 25.0 Å². The number of hydrogen-bond donors (Lipinski definition) is 1. The van der Waals surface area contributed by atoms with E-state index in [1.165, 1.54) is 19.1 Å². The van der Waals surface area contributed by atoms with E-state index in [9.17, 15) is 14.4 Å². The van der Waals surface area contributed by atoms with Crippen LogP contribution in [0, 0.1) is 6.92 Å². The van der Waals surface area contributed by atoms with Crippen LogP contribution in [-0.4, -0.2) is 36.9 Å². The van der Waals surface area contributed by atoms with Crippen molar-refractivity contribution in [1.29, 1.82) is 0 Å². The van der Waals surface area contributed by atoms with Gasteiger partial charge in [0.15, 0.2) is 11.5 Å². The van der Waals surface area contributed by atoms with Crippen LogP contribution in [0.3, 0.4) is 0 Å². The van der Waals surface area contributed by atoms with Crippen molar-refractivity contribution in [3.05, 3.63) is 52.4 Å². The molecule has 1 aliphatic heterocycles. The van der Waals surface area contributed by atoms with Gasteiger partial charge in [-0.3, -0.25) is 4.79 Å². The van der Waals surface area contributed by atoms with Crippen molar-refractivity contribution < 1.29 is 33.0 Å². The van der Waals surface area contributed by atoms with Gasteiger partial charge in [0.1, 0.15) is 28.7 Å². The van der Waals surface area contributed by atoms with Gasteiger partial charge in [0.05, 0.1) is 24.2 Å². The number of hydrogen-bond acceptors (Lipinski definition) is 8. The van der Waals surface area contributed by atoms with Crippen molar-refractivity contribution >= 4 is 23.0 Å². The average Bonchev–Trinajstić information content (AvgIpc) is 3.02. The SMILES string of the molecule is Cc1oc2cc(OC(=O)C(C)NC(=O)OC(C)(C)C)ccc2c(=O)c1-c1ccc2c(c1)OCCCO2. The Morgan fingerprint density at radius 1 is 1.03 bits per heavy atom. The van der Waals surface area contributed by atoms with Gasteiger partial charge in [-0.25, -0.2) is 9.59 Å². The van der Waals surface area contributed by atoms with Gasteiger partial charge in [-0.05, 0) is 64.4 Å². The topological polar surface area (TPSA) is 113 Å². The molecule has 4 rings (SSSR count). The summed E-state index contributed by atoms with van der Waals surface area (Å²) in [5.74, 6) is 1.12. The Morgan fingerprint density at radius 2 is 1.75 bits per heavy atom. The fraction of sp³-hybridized carbons (Fsp3) is 0.370. The average molecular weight is 496 g/mol. The number of carbonyl (C=O) groups is 2. The summed E-state index contributed by atoms with van der Waals surface area (Å²) in [7, 11) is 0. The monoisotopic (exact) mass is 495 g/mol. The van der Waals surface area contributed by atoms with Crippen molar-refractivity contribution in [2.45, 2.75) is 52.7 Å². The van der Waals surface area contributed by atoms with E-state index >= 15 is 0 Å². The third-order valence-corrected chi connectivity index (χ3v) is 5.38. The molecule has 9 heteroatoms. The minimum absolute atomic E-state index is 0.177. The number of amides is 1. The Labute approximate surface area is 208 Å². The van der Waals surface area contributed by atoms with E-state index < -0.39 is 23.7 Å². The van der Waals surface area contributed by atoms with Gasteiger partial charge < -0.3 is 28.7 Å². The lowest BCUT2D eigenvalue weighted by Gasteiger charge is -2.21. The molecule has 1 atom stereocenters. The first kappa shape index (κ1) is 25.1. The molecule has 1 amide bonds. The molecule has 0 fully saturated rings. The summed E-state index contributed by atoms with van der Waals surface area (Å²) in [6, 6.07) is 8.93. The number of aryl methyl sites for hydroxylation is 1. The molecular weight excluding hydrogens is 466 g/mol. The van der Waals surface area contributed by atoms with Gasteiger partial charge in [-0.15, -0.1) is 0 Å². The number of rotatable bonds is 4. The number of esters is 1. The summed E-state index contributed by atoms with van der Waals surface area (Å²) < 4.78 is 27.9. The van der Waals surface area contributed by atoms with Crippen molar-refractivity contribution in [2.75, 3.05) is 13.2 Å². The predicted molar refractivity (Wildman–Crippen MR) is 133 cm³/mol. The summed E-state index contributed by atoms with van der Waals surface area (Å²) in [6.45, 7) is 9.47. The molecule has 0 saturated carbocycles. The van der Waals surface area contributed by atoms with Gasteiger partial charge >= 0.3 is 12.1 Å². The second-order valence-corrected chi connectivity index (χ2v) is 9.52. The van der Waals surface area contributed by atoms with E-state index in [0.717, 1.165) is 6.42 Å². The number of nitrogens with one attached hydrogen (secondary N) is 1. The standard InChI is InChI=1S/C27H29NO8/c1-15(28-26(31)36-27(3,4)5)25(30)35-18-8-9-19-21(14-18)34-16(2)23(24(19)29)17-7-10-20-22(13-17)33-12-6-11-32-20/h7-10,13-15H,6,11-12H2,1-5H3,(H,28,31). The summed E-state index contributed by atoms with van der Waals surface area (Å²) >= 11 is 0. The quantitative estimate of drug-likeness (QED) is 0.408. The molecule has 2 aromatic carbocycles. The van der Waals surface area contributed by atoms with Gasteiger partial charge in [-0.2, -0.15) is 0 Å². The van der Waals surface area contributed by atoms with Crippen LogP contribution in [-0.2, 0) is 9.53 Å². The first-order valence-corrected chi connectivity index (χ1v) is 11.7. The normalized spacial score (nSPS) is 14.0. The van der Waals surface area contributed by atoms with E-state index in [0.29, 0.717) is 47.0 Å². The number of fused-ring (bicyclic) bond motifs is 2. The third-order valence-electron chi connectivity index (χ3n) is 5.38. The molecule has 1 unspecified atom stereocenters. The van der Waals surface area contributed by atoms with Crippen LogP contribution in [0.1, 0.15) is 39.9 Å². The van der Waals surface area contributed by atoms with Crippen LogP contribution in [0.2, 0.25) is 0 Å². The predicted octanol–water partition coefficient (Wildman–Crippen LogP) is 4.75. The zero-order chi connectivity index (χ0) is 26.0. The molecule has 190 valence electrons. The highest BCUT2D eigenvalue weighted by Gasteiger charge is 2.23. The number of alkyl carbamates (subject to hydrolysis) is 1. The largest absolute Gasteiger partial charge is 0.490 e. The second kappa shape index (κ2) is 9.93. The highest BCUT2D eigenvalue weighted by Crippen LogP contribution is 2.35. The number of ether oxygens (including phenoxy) is 4. The highest BCUT2D eigenvalue weighted by molar-refractivity contribution is 5.86. The van der Waals surface area contributed by atoms with E-state index in [1.807, 2.05) is 0 Å². The minimum Gasteiger partial charge on any atom is -0.490 e. The Kier molecular flexibility index (Phi) is 6.92. The van der Waals surface area contributed by atoms with E-state index in [2.05, 4.69) is 5.32 Å². The van der Waals surface area contributed by atoms with E-state index in [-0.39, 0.29) is 16.8 Å². The van der Waals surface area contributed by atoms with Crippen molar-refractivity contribution in [2.24, 2.45) is 0 Å². The Morgan fingerprint density at radius 3 is 2.47 bits per heavy atom. The zero-order valence-corrected chi connectivity index (χ0v) is 20.9. The molecule has 0 radical (unpaired) electrons. The van der Waals surface area contributed by atoms with Crippen LogP contribution in [0.25, 0.3) is 22.1 Å². The molecule has 1 aliphatic rings. The molecular formula is C27H29NO8. The summed E-state index contributed by atoms with van der Waals surface area (Å²) in [5.41, 5.74) is 0.428. The molecule has 36 heavy (non-hydrogen) atoms. The maximum atomic E-state index is 13.4. The molecule has 9 nitrogen and oxygen atoms in total. The first-order valence-electron chi connectivity index (χ1n) is 11.7.